The zero-order valence-electron chi connectivity index (χ0n) is 9.10. The Labute approximate surface area is 98.8 Å². The molecule has 2 rings (SSSR count). The predicted molar refractivity (Wildman–Crippen MR) is 67.8 cm³/mol. The third kappa shape index (κ3) is 2.93. The Morgan fingerprint density at radius 1 is 1.25 bits per heavy atom. The summed E-state index contributed by atoms with van der Waals surface area (Å²) in [4.78, 5) is 8.62. The average Bonchev–Trinajstić information content (AvgIpc) is 2.80. The standard InChI is InChI=1S/C11H14N4S/c1-2-12-9-4-3-5-10(15-9)14-8-11-13-6-7-16-11/h3-7H,2,8H2,1H3,(H2,12,14,15). The number of nitrogens with one attached hydrogen (secondary N) is 2. The summed E-state index contributed by atoms with van der Waals surface area (Å²) < 4.78 is 0. The van der Waals surface area contributed by atoms with Crippen molar-refractivity contribution in [2.24, 2.45) is 0 Å². The second-order valence-electron chi connectivity index (χ2n) is 3.22. The van der Waals surface area contributed by atoms with E-state index in [2.05, 4.69) is 27.5 Å². The lowest BCUT2D eigenvalue weighted by Crippen LogP contribution is -2.04. The number of rotatable bonds is 5. The minimum Gasteiger partial charge on any atom is -0.370 e. The van der Waals surface area contributed by atoms with Crippen LogP contribution in [0.2, 0.25) is 0 Å². The fourth-order valence-electron chi connectivity index (χ4n) is 1.32. The van der Waals surface area contributed by atoms with Gasteiger partial charge < -0.3 is 10.6 Å². The molecule has 0 bridgehead atoms. The van der Waals surface area contributed by atoms with Gasteiger partial charge in [0, 0.05) is 18.1 Å². The Kier molecular flexibility index (Phi) is 3.71. The van der Waals surface area contributed by atoms with E-state index >= 15 is 0 Å². The van der Waals surface area contributed by atoms with E-state index in [4.69, 9.17) is 0 Å². The maximum atomic E-state index is 4.42. The van der Waals surface area contributed by atoms with Crippen molar-refractivity contribution in [1.82, 2.24) is 9.97 Å². The van der Waals surface area contributed by atoms with Crippen molar-refractivity contribution in [2.75, 3.05) is 17.2 Å². The van der Waals surface area contributed by atoms with E-state index < -0.39 is 0 Å². The average molecular weight is 234 g/mol. The number of aromatic nitrogens is 2. The quantitative estimate of drug-likeness (QED) is 0.835. The molecule has 0 atom stereocenters. The van der Waals surface area contributed by atoms with Crippen LogP contribution in [0.25, 0.3) is 0 Å². The minimum atomic E-state index is 0.722. The summed E-state index contributed by atoms with van der Waals surface area (Å²) in [7, 11) is 0. The van der Waals surface area contributed by atoms with Gasteiger partial charge in [0.25, 0.3) is 0 Å². The molecule has 2 aromatic rings. The highest BCUT2D eigenvalue weighted by Crippen LogP contribution is 2.11. The Balaban J connectivity index is 1.96. The lowest BCUT2D eigenvalue weighted by molar-refractivity contribution is 1.07. The largest absolute Gasteiger partial charge is 0.370 e. The molecule has 0 saturated carbocycles. The summed E-state index contributed by atoms with van der Waals surface area (Å²) >= 11 is 1.64. The van der Waals surface area contributed by atoms with Gasteiger partial charge in [0.05, 0.1) is 6.54 Å². The van der Waals surface area contributed by atoms with Crippen LogP contribution in [0.15, 0.2) is 29.8 Å². The van der Waals surface area contributed by atoms with Gasteiger partial charge in [-0.05, 0) is 19.1 Å². The Hall–Kier alpha value is -1.62. The maximum Gasteiger partial charge on any atom is 0.128 e. The topological polar surface area (TPSA) is 49.8 Å². The SMILES string of the molecule is CCNc1cccc(NCc2nccs2)n1. The Morgan fingerprint density at radius 2 is 2.06 bits per heavy atom. The number of anilines is 2. The van der Waals surface area contributed by atoms with Gasteiger partial charge in [-0.3, -0.25) is 0 Å². The van der Waals surface area contributed by atoms with Crippen molar-refractivity contribution in [2.45, 2.75) is 13.5 Å². The van der Waals surface area contributed by atoms with E-state index in [1.807, 2.05) is 29.8 Å². The van der Waals surface area contributed by atoms with Crippen LogP contribution in [0.1, 0.15) is 11.9 Å². The molecule has 0 aliphatic carbocycles. The highest BCUT2D eigenvalue weighted by Gasteiger charge is 1.98. The van der Waals surface area contributed by atoms with E-state index in [1.165, 1.54) is 0 Å². The number of thiazole rings is 1. The van der Waals surface area contributed by atoms with Crippen LogP contribution in [0.5, 0.6) is 0 Å². The monoisotopic (exact) mass is 234 g/mol. The minimum absolute atomic E-state index is 0.722. The lowest BCUT2D eigenvalue weighted by Gasteiger charge is -2.06. The summed E-state index contributed by atoms with van der Waals surface area (Å²) in [6.45, 7) is 3.65. The first kappa shape index (κ1) is 10.9. The van der Waals surface area contributed by atoms with E-state index in [0.29, 0.717) is 0 Å². The lowest BCUT2D eigenvalue weighted by atomic mass is 10.4. The van der Waals surface area contributed by atoms with Crippen molar-refractivity contribution in [3.05, 3.63) is 34.8 Å². The zero-order valence-corrected chi connectivity index (χ0v) is 9.92. The smallest absolute Gasteiger partial charge is 0.128 e. The number of pyridine rings is 1. The van der Waals surface area contributed by atoms with Crippen LogP contribution >= 0.6 is 11.3 Å². The van der Waals surface area contributed by atoms with Gasteiger partial charge in [0.2, 0.25) is 0 Å². The van der Waals surface area contributed by atoms with Gasteiger partial charge in [-0.25, -0.2) is 9.97 Å². The van der Waals surface area contributed by atoms with E-state index in [9.17, 15) is 0 Å². The van der Waals surface area contributed by atoms with Crippen molar-refractivity contribution in [3.63, 3.8) is 0 Å². The molecule has 2 aromatic heterocycles. The first-order valence-electron chi connectivity index (χ1n) is 5.21. The fourth-order valence-corrected chi connectivity index (χ4v) is 1.88. The van der Waals surface area contributed by atoms with Gasteiger partial charge in [-0.1, -0.05) is 6.07 Å². The normalized spacial score (nSPS) is 10.1. The van der Waals surface area contributed by atoms with Crippen molar-refractivity contribution < 1.29 is 0 Å². The summed E-state index contributed by atoms with van der Waals surface area (Å²) in [5.74, 6) is 1.76. The molecule has 0 aliphatic heterocycles. The van der Waals surface area contributed by atoms with Crippen LogP contribution in [-0.2, 0) is 6.54 Å². The molecule has 84 valence electrons. The van der Waals surface area contributed by atoms with Crippen molar-refractivity contribution in [3.8, 4) is 0 Å². The molecule has 0 radical (unpaired) electrons. The molecular formula is C11H14N4S. The van der Waals surface area contributed by atoms with Gasteiger partial charge in [-0.15, -0.1) is 11.3 Å². The highest BCUT2D eigenvalue weighted by molar-refractivity contribution is 7.09. The van der Waals surface area contributed by atoms with Crippen LogP contribution in [0.4, 0.5) is 11.6 Å². The number of hydrogen-bond acceptors (Lipinski definition) is 5. The molecule has 0 aromatic carbocycles. The van der Waals surface area contributed by atoms with Crippen molar-refractivity contribution >= 4 is 23.0 Å². The molecule has 0 amide bonds. The highest BCUT2D eigenvalue weighted by atomic mass is 32.1. The Morgan fingerprint density at radius 3 is 2.75 bits per heavy atom. The molecule has 0 spiro atoms. The van der Waals surface area contributed by atoms with Gasteiger partial charge in [0.15, 0.2) is 0 Å². The summed E-state index contributed by atoms with van der Waals surface area (Å²) in [6, 6.07) is 5.89. The molecule has 0 fully saturated rings. The molecule has 0 unspecified atom stereocenters. The molecule has 4 nitrogen and oxygen atoms in total. The summed E-state index contributed by atoms with van der Waals surface area (Å²) in [6.07, 6.45) is 1.81. The van der Waals surface area contributed by atoms with Gasteiger partial charge in [0.1, 0.15) is 16.6 Å². The van der Waals surface area contributed by atoms with Gasteiger partial charge in [-0.2, -0.15) is 0 Å². The van der Waals surface area contributed by atoms with E-state index in [0.717, 1.165) is 29.7 Å². The predicted octanol–water partition coefficient (Wildman–Crippen LogP) is 2.58. The molecule has 0 saturated heterocycles. The van der Waals surface area contributed by atoms with E-state index in [1.54, 1.807) is 11.3 Å². The first-order valence-corrected chi connectivity index (χ1v) is 6.09. The molecule has 2 heterocycles. The molecular weight excluding hydrogens is 220 g/mol. The first-order chi connectivity index (χ1) is 7.88. The van der Waals surface area contributed by atoms with Gasteiger partial charge >= 0.3 is 0 Å². The second kappa shape index (κ2) is 5.46. The molecule has 16 heavy (non-hydrogen) atoms. The van der Waals surface area contributed by atoms with Crippen LogP contribution in [0.3, 0.4) is 0 Å². The third-order valence-electron chi connectivity index (χ3n) is 2.01. The number of hydrogen-bond donors (Lipinski definition) is 2. The van der Waals surface area contributed by atoms with Crippen LogP contribution in [-0.4, -0.2) is 16.5 Å². The Bertz CT molecular complexity index is 427. The van der Waals surface area contributed by atoms with E-state index in [-0.39, 0.29) is 0 Å². The zero-order chi connectivity index (χ0) is 11.2. The molecule has 2 N–H and O–H groups in total. The fraction of sp³-hybridized carbons (Fsp3) is 0.273. The van der Waals surface area contributed by atoms with Crippen LogP contribution < -0.4 is 10.6 Å². The second-order valence-corrected chi connectivity index (χ2v) is 4.20. The molecule has 0 aliphatic rings. The summed E-state index contributed by atoms with van der Waals surface area (Å²) in [5, 5.41) is 9.46. The van der Waals surface area contributed by atoms with Crippen molar-refractivity contribution in [1.29, 1.82) is 0 Å². The third-order valence-corrected chi connectivity index (χ3v) is 2.79. The number of nitrogens with zero attached hydrogens (tertiary/aromatic N) is 2. The maximum absolute atomic E-state index is 4.42. The summed E-state index contributed by atoms with van der Waals surface area (Å²) in [5.41, 5.74) is 0. The van der Waals surface area contributed by atoms with Crippen LogP contribution in [0, 0.1) is 0 Å². The molecule has 5 heteroatoms.